The third kappa shape index (κ3) is 28.3. The number of hydrogen-bond donors (Lipinski definition) is 17. The summed E-state index contributed by atoms with van der Waals surface area (Å²) in [5, 5.41) is 59.5. The summed E-state index contributed by atoms with van der Waals surface area (Å²) < 4.78 is 0. The molecule has 470 valence electrons. The first kappa shape index (κ1) is 72.2. The van der Waals surface area contributed by atoms with Crippen molar-refractivity contribution in [2.24, 2.45) is 50.5 Å². The quantitative estimate of drug-likeness (QED) is 0.0176. The average Bonchev–Trinajstić information content (AvgIpc) is 3.66. The van der Waals surface area contributed by atoms with Gasteiger partial charge in [0, 0.05) is 38.8 Å². The maximum absolute atomic E-state index is 14.4. The van der Waals surface area contributed by atoms with E-state index in [1.165, 1.54) is 0 Å². The van der Waals surface area contributed by atoms with Gasteiger partial charge < -0.3 is 91.6 Å². The molecule has 0 fully saturated rings. The molecule has 85 heavy (non-hydrogen) atoms. The molecule has 0 unspecified atom stereocenters. The fourth-order valence-electron chi connectivity index (χ4n) is 8.36. The molecule has 0 aliphatic rings. The first-order valence-electron chi connectivity index (χ1n) is 27.8. The molecule has 0 saturated carbocycles. The molecule has 0 radical (unpaired) electrons. The van der Waals surface area contributed by atoms with E-state index in [1.807, 2.05) is 0 Å². The van der Waals surface area contributed by atoms with Crippen molar-refractivity contribution in [2.75, 3.05) is 19.7 Å². The monoisotopic (exact) mass is 1200 g/mol. The van der Waals surface area contributed by atoms with Crippen LogP contribution in [0.25, 0.3) is 0 Å². The lowest BCUT2D eigenvalue weighted by Crippen LogP contribution is -2.62. The zero-order valence-corrected chi connectivity index (χ0v) is 48.3. The maximum atomic E-state index is 14.4. The topological polar surface area (TPSA) is 520 Å². The second kappa shape index (κ2) is 38.0. The van der Waals surface area contributed by atoms with Crippen LogP contribution in [-0.4, -0.2) is 172 Å². The predicted octanol–water partition coefficient (Wildman–Crippen LogP) is -3.32. The second-order valence-electron chi connectivity index (χ2n) is 20.7. The zero-order chi connectivity index (χ0) is 63.8. The number of aliphatic carboxylic acids is 3. The van der Waals surface area contributed by atoms with E-state index in [-0.39, 0.29) is 75.9 Å². The maximum Gasteiger partial charge on any atom is 0.326 e. The van der Waals surface area contributed by atoms with Crippen LogP contribution in [-0.2, 0) is 65.6 Å². The molecule has 0 aliphatic heterocycles. The Morgan fingerprint density at radius 2 is 0.847 bits per heavy atom. The first-order chi connectivity index (χ1) is 40.1. The van der Waals surface area contributed by atoms with E-state index in [0.29, 0.717) is 17.5 Å². The molecule has 0 heterocycles. The molecule has 2 aromatic carbocycles. The number of hydrogen-bond acceptors (Lipinski definition) is 15. The lowest BCUT2D eigenvalue weighted by molar-refractivity contribution is -0.142. The summed E-state index contributed by atoms with van der Waals surface area (Å²) in [5.74, 6) is -13.1. The van der Waals surface area contributed by atoms with Crippen LogP contribution in [0.3, 0.4) is 0 Å². The van der Waals surface area contributed by atoms with Crippen LogP contribution in [0.1, 0.15) is 103 Å². The minimum atomic E-state index is -1.87. The van der Waals surface area contributed by atoms with Gasteiger partial charge in [-0.1, -0.05) is 94.8 Å². The van der Waals surface area contributed by atoms with Crippen molar-refractivity contribution in [3.8, 4) is 0 Å². The summed E-state index contributed by atoms with van der Waals surface area (Å²) in [6.45, 7) is 5.97. The Hall–Kier alpha value is -8.93. The van der Waals surface area contributed by atoms with Crippen molar-refractivity contribution < 1.29 is 73.2 Å². The van der Waals surface area contributed by atoms with Gasteiger partial charge in [0.05, 0.1) is 12.6 Å². The molecule has 22 N–H and O–H groups in total. The van der Waals surface area contributed by atoms with E-state index in [4.69, 9.17) is 28.7 Å². The number of carboxylic acids is 3. The number of carboxylic acid groups (broad SMARTS) is 3. The molecule has 8 amide bonds. The van der Waals surface area contributed by atoms with Crippen LogP contribution < -0.4 is 71.2 Å². The van der Waals surface area contributed by atoms with Crippen molar-refractivity contribution in [3.63, 3.8) is 0 Å². The molecule has 30 nitrogen and oxygen atoms in total. The molecule has 2 rings (SSSR count). The summed E-state index contributed by atoms with van der Waals surface area (Å²) in [4.78, 5) is 155. The number of guanidine groups is 2. The highest BCUT2D eigenvalue weighted by Gasteiger charge is 2.37. The van der Waals surface area contributed by atoms with Gasteiger partial charge in [0.15, 0.2) is 11.9 Å². The highest BCUT2D eigenvalue weighted by molar-refractivity contribution is 5.98. The normalized spacial score (nSPS) is 14.5. The van der Waals surface area contributed by atoms with Crippen molar-refractivity contribution in [1.82, 2.24) is 42.5 Å². The minimum Gasteiger partial charge on any atom is -0.481 e. The fraction of sp³-hybridized carbons (Fsp3) is 0.545. The molecule has 10 atom stereocenters. The SMILES string of the molecule is CC[C@H](C)[C@H](NC(=O)[C@H](CCC(=O)O)NC(=O)[C@H](CC(C)C)NC(=O)[C@@H](N)CCCN=C(N)N)C(=O)N[C@@H](Cc1ccccc1)C(=O)N[C@@H](CO)C(=O)N[C@@H](CCC(=O)O)C(=O)N[C@@H](Cc1ccccc1)C(=O)N[C@@H](CCCN=C(N)N)C(=O)O. The second-order valence-corrected chi connectivity index (χ2v) is 20.7. The van der Waals surface area contributed by atoms with Crippen LogP contribution >= 0.6 is 0 Å². The lowest BCUT2D eigenvalue weighted by Gasteiger charge is -2.30. The van der Waals surface area contributed by atoms with E-state index in [2.05, 4.69) is 52.5 Å². The number of amides is 8. The number of benzene rings is 2. The molecular weight excluding hydrogens is 1110 g/mol. The molecule has 2 aromatic rings. The summed E-state index contributed by atoms with van der Waals surface area (Å²) in [5.41, 5.74) is 28.5. The van der Waals surface area contributed by atoms with Gasteiger partial charge in [0.1, 0.15) is 48.3 Å². The van der Waals surface area contributed by atoms with Crippen molar-refractivity contribution >= 4 is 77.1 Å². The minimum absolute atomic E-state index is 0.0464. The Morgan fingerprint density at radius 1 is 0.471 bits per heavy atom. The van der Waals surface area contributed by atoms with E-state index in [0.717, 1.165) is 0 Å². The molecular formula is C55H85N15O15. The summed E-state index contributed by atoms with van der Waals surface area (Å²) >= 11 is 0. The third-order valence-corrected chi connectivity index (χ3v) is 13.2. The highest BCUT2D eigenvalue weighted by Crippen LogP contribution is 2.14. The van der Waals surface area contributed by atoms with E-state index in [1.54, 1.807) is 88.4 Å². The van der Waals surface area contributed by atoms with Crippen LogP contribution in [0, 0.1) is 11.8 Å². The number of aliphatic hydroxyl groups excluding tert-OH is 1. The fourth-order valence-corrected chi connectivity index (χ4v) is 8.36. The average molecular weight is 1200 g/mol. The third-order valence-electron chi connectivity index (χ3n) is 13.2. The predicted molar refractivity (Wildman–Crippen MR) is 311 cm³/mol. The highest BCUT2D eigenvalue weighted by atomic mass is 16.4. The molecule has 0 aliphatic carbocycles. The number of aliphatic hydroxyl groups is 1. The summed E-state index contributed by atoms with van der Waals surface area (Å²) in [6.07, 6.45) is -1.97. The number of nitrogens with two attached hydrogens (primary N) is 5. The van der Waals surface area contributed by atoms with E-state index < -0.39 is 158 Å². The number of nitrogens with one attached hydrogen (secondary N) is 8. The largest absolute Gasteiger partial charge is 0.481 e. The summed E-state index contributed by atoms with van der Waals surface area (Å²) in [6, 6.07) is 2.97. The molecule has 0 aromatic heterocycles. The Balaban J connectivity index is 2.46. The van der Waals surface area contributed by atoms with Crippen LogP contribution in [0.4, 0.5) is 0 Å². The van der Waals surface area contributed by atoms with Gasteiger partial charge in [-0.2, -0.15) is 0 Å². The Bertz CT molecular complexity index is 2600. The molecule has 0 spiro atoms. The zero-order valence-electron chi connectivity index (χ0n) is 48.3. The number of carbonyl (C=O) groups excluding carboxylic acids is 8. The smallest absolute Gasteiger partial charge is 0.326 e. The molecule has 30 heteroatoms. The van der Waals surface area contributed by atoms with Gasteiger partial charge in [0.2, 0.25) is 47.3 Å². The van der Waals surface area contributed by atoms with E-state index in [9.17, 15) is 73.2 Å². The Morgan fingerprint density at radius 3 is 1.27 bits per heavy atom. The van der Waals surface area contributed by atoms with Crippen molar-refractivity contribution in [2.45, 2.75) is 159 Å². The van der Waals surface area contributed by atoms with Gasteiger partial charge in [-0.15, -0.1) is 0 Å². The molecule has 0 bridgehead atoms. The Kier molecular flexibility index (Phi) is 32.3. The van der Waals surface area contributed by atoms with E-state index >= 15 is 0 Å². The van der Waals surface area contributed by atoms with Gasteiger partial charge in [-0.05, 0) is 67.9 Å². The van der Waals surface area contributed by atoms with Crippen molar-refractivity contribution in [3.05, 3.63) is 71.8 Å². The number of rotatable bonds is 40. The van der Waals surface area contributed by atoms with Crippen LogP contribution in [0.2, 0.25) is 0 Å². The van der Waals surface area contributed by atoms with Gasteiger partial charge in [-0.3, -0.25) is 57.9 Å². The van der Waals surface area contributed by atoms with Gasteiger partial charge in [-0.25, -0.2) is 4.79 Å². The lowest BCUT2D eigenvalue weighted by atomic mass is 9.96. The van der Waals surface area contributed by atoms with Crippen LogP contribution in [0.15, 0.2) is 70.6 Å². The van der Waals surface area contributed by atoms with Crippen LogP contribution in [0.5, 0.6) is 0 Å². The Labute approximate surface area is 492 Å². The first-order valence-corrected chi connectivity index (χ1v) is 27.8. The standard InChI is InChI=1S/C55H85N15O15/c1-5-31(4)44(70-47(78)36(21-23-43(74)75)63-48(79)38(26-30(2)3)66-45(76)34(56)18-12-24-61-54(57)58)52(83)68-40(28-33-16-10-7-11-17-33)50(81)69-41(29-71)51(82)64-35(20-22-42(72)73)46(77)67-39(27-32-14-8-6-9-15-32)49(80)65-37(53(84)85)19-13-25-62-55(59)60/h6-11,14-17,30-31,34-41,44,71H,5,12-13,18-29,56H2,1-4H3,(H,63,79)(H,64,82)(H,65,80)(H,66,76)(H,67,77)(H,68,83)(H,69,81)(H,70,78)(H,72,73)(H,74,75)(H,84,85)(H4,57,58,61)(H4,59,60,62)/t31-,34-,35-,36-,37-,38-,39-,40-,41-,44-/m0/s1. The van der Waals surface area contributed by atoms with Gasteiger partial charge >= 0.3 is 17.9 Å². The number of nitrogens with zero attached hydrogens (tertiary/aromatic N) is 2. The molecule has 0 saturated heterocycles. The summed E-state index contributed by atoms with van der Waals surface area (Å²) in [7, 11) is 0. The number of carbonyl (C=O) groups is 11. The van der Waals surface area contributed by atoms with Gasteiger partial charge in [0.25, 0.3) is 0 Å². The number of aliphatic imine (C=N–C) groups is 2. The van der Waals surface area contributed by atoms with Crippen molar-refractivity contribution in [1.29, 1.82) is 0 Å².